The molecule has 2 aliphatic heterocycles. The Morgan fingerprint density at radius 2 is 1.79 bits per heavy atom. The van der Waals surface area contributed by atoms with E-state index in [1.165, 1.54) is 34.1 Å². The summed E-state index contributed by atoms with van der Waals surface area (Å²) in [6, 6.07) is 7.53. The third-order valence-corrected chi connectivity index (χ3v) is 12.1. The normalized spacial score (nSPS) is 24.4. The molecule has 52 heavy (non-hydrogen) atoms. The SMILES string of the molecule is CC[C@@H]1C[C@]1(NC(=O)[C@@H]1C[C@@H](OC(=O)N2Cc3ccc(F)cc3C2)CN1C(=O)[C@@H](Nc1ccc(F)c(C#N)c1)C(C)(C)C)C(=O)NS(=O)(=O)C1CC1. The maximum atomic E-state index is 14.5. The first kappa shape index (κ1) is 37.0. The number of carbonyl (C=O) groups excluding carboxylic acids is 4. The second-order valence-corrected chi connectivity index (χ2v) is 17.2. The van der Waals surface area contributed by atoms with Crippen LogP contribution in [0.3, 0.4) is 0 Å². The molecule has 1 saturated heterocycles. The average molecular weight is 741 g/mol. The van der Waals surface area contributed by atoms with Gasteiger partial charge in [-0.3, -0.25) is 24.0 Å². The minimum absolute atomic E-state index is 0.114. The van der Waals surface area contributed by atoms with Crippen molar-refractivity contribution in [1.29, 1.82) is 5.26 Å². The van der Waals surface area contributed by atoms with Crippen LogP contribution in [-0.4, -0.2) is 77.6 Å². The van der Waals surface area contributed by atoms with Gasteiger partial charge in [-0.05, 0) is 72.1 Å². The summed E-state index contributed by atoms with van der Waals surface area (Å²) >= 11 is 0. The highest BCUT2D eigenvalue weighted by Gasteiger charge is 2.62. The molecule has 5 atom stereocenters. The van der Waals surface area contributed by atoms with E-state index < -0.39 is 79.9 Å². The molecule has 0 aromatic heterocycles. The highest BCUT2D eigenvalue weighted by atomic mass is 32.2. The summed E-state index contributed by atoms with van der Waals surface area (Å²) in [5.74, 6) is -3.61. The van der Waals surface area contributed by atoms with Crippen molar-refractivity contribution in [2.75, 3.05) is 11.9 Å². The second kappa shape index (κ2) is 13.6. The molecule has 2 saturated carbocycles. The van der Waals surface area contributed by atoms with E-state index in [-0.39, 0.29) is 49.6 Å². The lowest BCUT2D eigenvalue weighted by Gasteiger charge is -2.36. The number of nitrogens with zero attached hydrogens (tertiary/aromatic N) is 3. The maximum Gasteiger partial charge on any atom is 0.410 e. The Hall–Kier alpha value is -4.78. The van der Waals surface area contributed by atoms with Crippen LogP contribution in [-0.2, 0) is 42.2 Å². The Balaban J connectivity index is 1.25. The molecular formula is C36H42F2N6O7S. The fourth-order valence-corrected chi connectivity index (χ4v) is 8.43. The number of sulfonamides is 1. The number of likely N-dealkylation sites (tertiary alicyclic amines) is 1. The first-order valence-electron chi connectivity index (χ1n) is 17.3. The van der Waals surface area contributed by atoms with Crippen LogP contribution >= 0.6 is 0 Å². The van der Waals surface area contributed by atoms with Crippen molar-refractivity contribution in [3.05, 3.63) is 64.7 Å². The van der Waals surface area contributed by atoms with Gasteiger partial charge < -0.3 is 20.3 Å². The van der Waals surface area contributed by atoms with Crippen molar-refractivity contribution in [2.24, 2.45) is 11.3 Å². The summed E-state index contributed by atoms with van der Waals surface area (Å²) in [5.41, 5.74) is -0.843. The summed E-state index contributed by atoms with van der Waals surface area (Å²) in [5, 5.41) is 14.6. The minimum atomic E-state index is -3.91. The van der Waals surface area contributed by atoms with E-state index in [4.69, 9.17) is 4.74 Å². The van der Waals surface area contributed by atoms with Crippen LogP contribution in [0.2, 0.25) is 0 Å². The van der Waals surface area contributed by atoms with Gasteiger partial charge in [0.05, 0.1) is 17.4 Å². The van der Waals surface area contributed by atoms with E-state index in [2.05, 4.69) is 15.4 Å². The number of fused-ring (bicyclic) bond motifs is 1. The lowest BCUT2D eigenvalue weighted by molar-refractivity contribution is -0.141. The summed E-state index contributed by atoms with van der Waals surface area (Å²) in [7, 11) is -3.91. The standard InChI is InChI=1S/C36H42F2N6O7S/c1-5-23-15-36(23,33(47)42-52(49,50)27-9-10-27)41-31(45)29-14-26(51-34(48)43-17-20-6-7-24(37)12-22(20)18-43)19-44(29)32(46)30(35(2,3)4)40-25-8-11-28(38)21(13-25)16-39/h6-8,11-13,23,26-27,29-30,40H,5,9-10,14-15,17-19H2,1-4H3,(H,41,45)(H,42,47)/t23-,26-,29+,30-,36-/m1/s1. The fourth-order valence-electron chi connectivity index (χ4n) is 7.06. The Kier molecular flexibility index (Phi) is 9.71. The van der Waals surface area contributed by atoms with Crippen molar-refractivity contribution in [3.63, 3.8) is 0 Å². The molecule has 3 fully saturated rings. The van der Waals surface area contributed by atoms with E-state index in [9.17, 15) is 41.6 Å². The van der Waals surface area contributed by atoms with Gasteiger partial charge >= 0.3 is 6.09 Å². The topological polar surface area (TPSA) is 178 Å². The van der Waals surface area contributed by atoms with Gasteiger partial charge in [-0.1, -0.05) is 40.2 Å². The van der Waals surface area contributed by atoms with E-state index in [1.807, 2.05) is 6.92 Å². The summed E-state index contributed by atoms with van der Waals surface area (Å²) in [6.45, 7) is 7.28. The molecule has 4 amide bonds. The van der Waals surface area contributed by atoms with Crippen molar-refractivity contribution in [1.82, 2.24) is 19.8 Å². The molecule has 0 bridgehead atoms. The summed E-state index contributed by atoms with van der Waals surface area (Å²) in [6.07, 6.45) is -0.232. The van der Waals surface area contributed by atoms with Gasteiger partial charge in [0, 0.05) is 25.2 Å². The molecule has 2 aliphatic carbocycles. The van der Waals surface area contributed by atoms with E-state index in [0.717, 1.165) is 11.6 Å². The van der Waals surface area contributed by atoms with Crippen LogP contribution in [0.5, 0.6) is 0 Å². The summed E-state index contributed by atoms with van der Waals surface area (Å²) in [4.78, 5) is 58.2. The van der Waals surface area contributed by atoms with Crippen LogP contribution in [0.4, 0.5) is 19.3 Å². The molecule has 2 heterocycles. The number of anilines is 1. The number of carbonyl (C=O) groups is 4. The van der Waals surface area contributed by atoms with E-state index >= 15 is 0 Å². The number of rotatable bonds is 10. The Morgan fingerprint density at radius 3 is 2.42 bits per heavy atom. The maximum absolute atomic E-state index is 14.5. The number of benzene rings is 2. The molecule has 13 nitrogen and oxygen atoms in total. The smallest absolute Gasteiger partial charge is 0.410 e. The van der Waals surface area contributed by atoms with Crippen LogP contribution < -0.4 is 15.4 Å². The van der Waals surface area contributed by atoms with Gasteiger partial charge in [0.2, 0.25) is 21.8 Å². The number of nitrogens with one attached hydrogen (secondary N) is 3. The van der Waals surface area contributed by atoms with Gasteiger partial charge in [0.15, 0.2) is 0 Å². The van der Waals surface area contributed by atoms with E-state index in [0.29, 0.717) is 24.8 Å². The zero-order chi connectivity index (χ0) is 37.7. The number of hydrogen-bond donors (Lipinski definition) is 3. The summed E-state index contributed by atoms with van der Waals surface area (Å²) < 4.78 is 61.3. The minimum Gasteiger partial charge on any atom is -0.444 e. The molecule has 0 radical (unpaired) electrons. The fraction of sp³-hybridized carbons (Fsp3) is 0.528. The van der Waals surface area contributed by atoms with Gasteiger partial charge in [-0.25, -0.2) is 22.0 Å². The molecule has 3 N–H and O–H groups in total. The first-order chi connectivity index (χ1) is 24.4. The average Bonchev–Trinajstić information content (AvgIpc) is 3.98. The zero-order valence-corrected chi connectivity index (χ0v) is 30.2. The Morgan fingerprint density at radius 1 is 1.08 bits per heavy atom. The van der Waals surface area contributed by atoms with Crippen LogP contribution in [0.25, 0.3) is 0 Å². The number of hydrogen-bond acceptors (Lipinski definition) is 9. The third kappa shape index (κ3) is 7.41. The monoisotopic (exact) mass is 740 g/mol. The van der Waals surface area contributed by atoms with Crippen molar-refractivity contribution < 1.29 is 41.1 Å². The van der Waals surface area contributed by atoms with Crippen molar-refractivity contribution >= 4 is 39.5 Å². The molecule has 2 aromatic rings. The quantitative estimate of drug-likeness (QED) is 0.328. The first-order valence-corrected chi connectivity index (χ1v) is 18.9. The van der Waals surface area contributed by atoms with Gasteiger partial charge in [-0.15, -0.1) is 0 Å². The molecule has 2 aromatic carbocycles. The molecule has 4 aliphatic rings. The number of nitriles is 1. The predicted molar refractivity (Wildman–Crippen MR) is 183 cm³/mol. The van der Waals surface area contributed by atoms with Gasteiger partial charge in [0.1, 0.15) is 41.4 Å². The van der Waals surface area contributed by atoms with Crippen molar-refractivity contribution in [2.45, 2.75) is 102 Å². The number of halogens is 2. The number of amides is 4. The number of ether oxygens (including phenoxy) is 1. The van der Waals surface area contributed by atoms with Crippen molar-refractivity contribution in [3.8, 4) is 6.07 Å². The highest BCUT2D eigenvalue weighted by Crippen LogP contribution is 2.47. The Bertz CT molecular complexity index is 1960. The van der Waals surface area contributed by atoms with Crippen LogP contribution in [0, 0.1) is 34.3 Å². The molecule has 0 unspecified atom stereocenters. The lowest BCUT2D eigenvalue weighted by Crippen LogP contribution is -2.58. The molecule has 6 rings (SSSR count). The van der Waals surface area contributed by atoms with Crippen LogP contribution in [0.1, 0.15) is 76.5 Å². The van der Waals surface area contributed by atoms with E-state index in [1.54, 1.807) is 32.9 Å². The lowest BCUT2D eigenvalue weighted by atomic mass is 9.85. The predicted octanol–water partition coefficient (Wildman–Crippen LogP) is 3.68. The molecular weight excluding hydrogens is 698 g/mol. The zero-order valence-electron chi connectivity index (χ0n) is 29.4. The highest BCUT2D eigenvalue weighted by molar-refractivity contribution is 7.91. The van der Waals surface area contributed by atoms with Gasteiger partial charge in [-0.2, -0.15) is 5.26 Å². The third-order valence-electron chi connectivity index (χ3n) is 10.3. The van der Waals surface area contributed by atoms with Gasteiger partial charge in [0.25, 0.3) is 5.91 Å². The molecule has 0 spiro atoms. The second-order valence-electron chi connectivity index (χ2n) is 15.2. The molecule has 278 valence electrons. The Labute approximate surface area is 301 Å². The molecule has 16 heteroatoms. The largest absolute Gasteiger partial charge is 0.444 e. The van der Waals surface area contributed by atoms with Crippen LogP contribution in [0.15, 0.2) is 36.4 Å².